The van der Waals surface area contributed by atoms with Gasteiger partial charge in [0, 0.05) is 12.7 Å². The van der Waals surface area contributed by atoms with Crippen LogP contribution in [0, 0.1) is 6.92 Å². The van der Waals surface area contributed by atoms with E-state index in [2.05, 4.69) is 17.2 Å². The Labute approximate surface area is 159 Å². The molecule has 6 heteroatoms. The lowest BCUT2D eigenvalue weighted by atomic mass is 10.2. The average Bonchev–Trinajstić information content (AvgIpc) is 3.02. The maximum absolute atomic E-state index is 12.8. The van der Waals surface area contributed by atoms with Gasteiger partial charge in [0.15, 0.2) is 11.4 Å². The predicted molar refractivity (Wildman–Crippen MR) is 104 cm³/mol. The molecule has 1 aromatic carbocycles. The van der Waals surface area contributed by atoms with Crippen molar-refractivity contribution in [3.05, 3.63) is 59.5 Å². The molecule has 3 rings (SSSR count). The molecule has 0 atom stereocenters. The Hall–Kier alpha value is -3.02. The second-order valence-corrected chi connectivity index (χ2v) is 6.22. The van der Waals surface area contributed by atoms with E-state index >= 15 is 0 Å². The first kappa shape index (κ1) is 18.8. The Morgan fingerprint density at radius 1 is 1.15 bits per heavy atom. The number of carbonyl (C=O) groups is 1. The minimum atomic E-state index is -0.167. The SMILES string of the molecule is CCCOc1ccc(CNC(=O)c2c(C)nc3c(OCC)cccn23)cc1. The first-order valence-corrected chi connectivity index (χ1v) is 9.24. The van der Waals surface area contributed by atoms with Gasteiger partial charge >= 0.3 is 0 Å². The van der Waals surface area contributed by atoms with Crippen molar-refractivity contribution in [2.75, 3.05) is 13.2 Å². The lowest BCUT2D eigenvalue weighted by molar-refractivity contribution is 0.0944. The van der Waals surface area contributed by atoms with Gasteiger partial charge in [0.25, 0.3) is 5.91 Å². The molecule has 0 aliphatic heterocycles. The van der Waals surface area contributed by atoms with Crippen LogP contribution in [0.3, 0.4) is 0 Å². The summed E-state index contributed by atoms with van der Waals surface area (Å²) in [6.45, 7) is 7.51. The maximum Gasteiger partial charge on any atom is 0.270 e. The number of aryl methyl sites for hydroxylation is 1. The van der Waals surface area contributed by atoms with Gasteiger partial charge in [0.2, 0.25) is 0 Å². The van der Waals surface area contributed by atoms with Gasteiger partial charge in [-0.2, -0.15) is 0 Å². The van der Waals surface area contributed by atoms with Crippen LogP contribution in [0.15, 0.2) is 42.6 Å². The van der Waals surface area contributed by atoms with Crippen LogP contribution in [-0.4, -0.2) is 28.5 Å². The normalized spacial score (nSPS) is 10.8. The van der Waals surface area contributed by atoms with E-state index in [-0.39, 0.29) is 5.91 Å². The number of fused-ring (bicyclic) bond motifs is 1. The van der Waals surface area contributed by atoms with Crippen LogP contribution in [0.5, 0.6) is 11.5 Å². The number of carbonyl (C=O) groups excluding carboxylic acids is 1. The molecule has 1 amide bonds. The number of benzene rings is 1. The summed E-state index contributed by atoms with van der Waals surface area (Å²) in [5.41, 5.74) is 2.85. The molecule has 0 saturated carbocycles. The quantitative estimate of drug-likeness (QED) is 0.658. The van der Waals surface area contributed by atoms with Gasteiger partial charge in [0.05, 0.1) is 18.9 Å². The Kier molecular flexibility index (Phi) is 5.96. The molecule has 0 aliphatic carbocycles. The largest absolute Gasteiger partial charge is 0.494 e. The number of nitrogens with zero attached hydrogens (tertiary/aromatic N) is 2. The van der Waals surface area contributed by atoms with Gasteiger partial charge < -0.3 is 14.8 Å². The Morgan fingerprint density at radius 3 is 2.63 bits per heavy atom. The number of rotatable bonds is 8. The molecule has 0 bridgehead atoms. The monoisotopic (exact) mass is 367 g/mol. The van der Waals surface area contributed by atoms with E-state index in [4.69, 9.17) is 9.47 Å². The highest BCUT2D eigenvalue weighted by Crippen LogP contribution is 2.22. The van der Waals surface area contributed by atoms with Crippen LogP contribution in [0.4, 0.5) is 0 Å². The molecule has 0 aliphatic rings. The summed E-state index contributed by atoms with van der Waals surface area (Å²) in [6.07, 6.45) is 2.80. The molecule has 2 aromatic heterocycles. The molecule has 2 heterocycles. The highest BCUT2D eigenvalue weighted by molar-refractivity contribution is 5.94. The minimum absolute atomic E-state index is 0.167. The van der Waals surface area contributed by atoms with Crippen molar-refractivity contribution in [3.8, 4) is 11.5 Å². The first-order chi connectivity index (χ1) is 13.1. The van der Waals surface area contributed by atoms with E-state index in [0.29, 0.717) is 42.5 Å². The molecule has 0 unspecified atom stereocenters. The molecule has 27 heavy (non-hydrogen) atoms. The first-order valence-electron chi connectivity index (χ1n) is 9.24. The summed E-state index contributed by atoms with van der Waals surface area (Å²) < 4.78 is 13.0. The number of hydrogen-bond acceptors (Lipinski definition) is 4. The van der Waals surface area contributed by atoms with Crippen molar-refractivity contribution in [2.24, 2.45) is 0 Å². The fourth-order valence-corrected chi connectivity index (χ4v) is 2.89. The van der Waals surface area contributed by atoms with Crippen LogP contribution >= 0.6 is 0 Å². The van der Waals surface area contributed by atoms with Gasteiger partial charge in [-0.25, -0.2) is 4.98 Å². The van der Waals surface area contributed by atoms with Gasteiger partial charge in [-0.05, 0) is 50.1 Å². The van der Waals surface area contributed by atoms with E-state index in [1.165, 1.54) is 0 Å². The van der Waals surface area contributed by atoms with Gasteiger partial charge in [-0.3, -0.25) is 9.20 Å². The highest BCUT2D eigenvalue weighted by atomic mass is 16.5. The minimum Gasteiger partial charge on any atom is -0.494 e. The van der Waals surface area contributed by atoms with E-state index in [1.54, 1.807) is 4.40 Å². The number of aromatic nitrogens is 2. The number of pyridine rings is 1. The van der Waals surface area contributed by atoms with Crippen molar-refractivity contribution in [1.82, 2.24) is 14.7 Å². The van der Waals surface area contributed by atoms with Crippen LogP contribution in [0.1, 0.15) is 42.0 Å². The van der Waals surface area contributed by atoms with Crippen LogP contribution in [0.2, 0.25) is 0 Å². The summed E-state index contributed by atoms with van der Waals surface area (Å²) in [4.78, 5) is 17.3. The number of imidazole rings is 1. The van der Waals surface area contributed by atoms with Crippen LogP contribution in [0.25, 0.3) is 5.65 Å². The summed E-state index contributed by atoms with van der Waals surface area (Å²) in [5, 5.41) is 2.97. The van der Waals surface area contributed by atoms with Crippen molar-refractivity contribution in [2.45, 2.75) is 33.7 Å². The third-order valence-electron chi connectivity index (χ3n) is 4.15. The lowest BCUT2D eigenvalue weighted by Gasteiger charge is -2.09. The van der Waals surface area contributed by atoms with E-state index in [1.807, 2.05) is 56.4 Å². The number of amides is 1. The highest BCUT2D eigenvalue weighted by Gasteiger charge is 2.18. The third-order valence-corrected chi connectivity index (χ3v) is 4.15. The zero-order valence-electron chi connectivity index (χ0n) is 16.0. The van der Waals surface area contributed by atoms with Crippen LogP contribution < -0.4 is 14.8 Å². The van der Waals surface area contributed by atoms with E-state index in [9.17, 15) is 4.79 Å². The summed E-state index contributed by atoms with van der Waals surface area (Å²) >= 11 is 0. The lowest BCUT2D eigenvalue weighted by Crippen LogP contribution is -2.25. The Bertz CT molecular complexity index is 916. The van der Waals surface area contributed by atoms with Crippen molar-refractivity contribution in [3.63, 3.8) is 0 Å². The molecule has 0 fully saturated rings. The Balaban J connectivity index is 1.73. The number of nitrogens with one attached hydrogen (secondary N) is 1. The smallest absolute Gasteiger partial charge is 0.270 e. The Morgan fingerprint density at radius 2 is 1.93 bits per heavy atom. The summed E-state index contributed by atoms with van der Waals surface area (Å²) in [5.74, 6) is 1.35. The summed E-state index contributed by atoms with van der Waals surface area (Å²) in [6, 6.07) is 11.5. The van der Waals surface area contributed by atoms with E-state index in [0.717, 1.165) is 17.7 Å². The molecule has 0 spiro atoms. The zero-order valence-corrected chi connectivity index (χ0v) is 16.0. The van der Waals surface area contributed by atoms with Crippen molar-refractivity contribution >= 4 is 11.6 Å². The van der Waals surface area contributed by atoms with Crippen LogP contribution in [-0.2, 0) is 6.54 Å². The topological polar surface area (TPSA) is 64.9 Å². The van der Waals surface area contributed by atoms with Gasteiger partial charge in [0.1, 0.15) is 11.4 Å². The van der Waals surface area contributed by atoms with Gasteiger partial charge in [-0.1, -0.05) is 19.1 Å². The number of hydrogen-bond donors (Lipinski definition) is 1. The van der Waals surface area contributed by atoms with Crippen molar-refractivity contribution in [1.29, 1.82) is 0 Å². The second-order valence-electron chi connectivity index (χ2n) is 6.22. The molecule has 1 N–H and O–H groups in total. The predicted octanol–water partition coefficient (Wildman–Crippen LogP) is 3.76. The van der Waals surface area contributed by atoms with Gasteiger partial charge in [-0.15, -0.1) is 0 Å². The third kappa shape index (κ3) is 4.22. The molecule has 0 radical (unpaired) electrons. The fourth-order valence-electron chi connectivity index (χ4n) is 2.89. The number of ether oxygens (including phenoxy) is 2. The second kappa shape index (κ2) is 8.58. The fraction of sp³-hybridized carbons (Fsp3) is 0.333. The molecule has 6 nitrogen and oxygen atoms in total. The zero-order chi connectivity index (χ0) is 19.2. The van der Waals surface area contributed by atoms with Crippen molar-refractivity contribution < 1.29 is 14.3 Å². The standard InChI is InChI=1S/C21H25N3O3/c1-4-13-27-17-10-8-16(9-11-17)14-22-21(25)19-15(3)23-20-18(26-5-2)7-6-12-24(19)20/h6-12H,4-5,13-14H2,1-3H3,(H,22,25). The average molecular weight is 367 g/mol. The molecule has 142 valence electrons. The molecular weight excluding hydrogens is 342 g/mol. The molecule has 0 saturated heterocycles. The summed E-state index contributed by atoms with van der Waals surface area (Å²) in [7, 11) is 0. The van der Waals surface area contributed by atoms with E-state index < -0.39 is 0 Å². The molecular formula is C21H25N3O3. The molecule has 3 aromatic rings. The maximum atomic E-state index is 12.8.